The number of rotatable bonds is 3. The molecule has 0 radical (unpaired) electrons. The minimum atomic E-state index is -1.08. The van der Waals surface area contributed by atoms with Crippen LogP contribution in [0.1, 0.15) is 26.7 Å². The van der Waals surface area contributed by atoms with Gasteiger partial charge in [0.05, 0.1) is 6.07 Å². The number of hydrogen-bond acceptors (Lipinski definition) is 5. The summed E-state index contributed by atoms with van der Waals surface area (Å²) in [4.78, 5) is 24.7. The van der Waals surface area contributed by atoms with E-state index >= 15 is 0 Å². The Kier molecular flexibility index (Phi) is 2.83. The van der Waals surface area contributed by atoms with Crippen LogP contribution in [-0.4, -0.2) is 43.6 Å². The molecule has 2 rings (SSSR count). The second-order valence-electron chi connectivity index (χ2n) is 5.23. The predicted octanol–water partition coefficient (Wildman–Crippen LogP) is 0.135. The summed E-state index contributed by atoms with van der Waals surface area (Å²) in [6, 6.07) is 1.12. The number of carbonyl (C=O) groups is 2. The Bertz CT molecular complexity index is 459. The van der Waals surface area contributed by atoms with Crippen LogP contribution in [0, 0.1) is 11.3 Å². The number of amides is 1. The lowest BCUT2D eigenvalue weighted by molar-refractivity contribution is -0.165. The number of nitrogens with zero attached hydrogens (tertiary/aromatic N) is 2. The second-order valence-corrected chi connectivity index (χ2v) is 6.96. The third kappa shape index (κ3) is 1.52. The fourth-order valence-electron chi connectivity index (χ4n) is 2.65. The number of carboxylic acid groups (broad SMARTS) is 1. The maximum absolute atomic E-state index is 12.1. The highest BCUT2D eigenvalue weighted by molar-refractivity contribution is 8.01. The third-order valence-corrected chi connectivity index (χ3v) is 5.26. The first-order valence-electron chi connectivity index (χ1n) is 5.65. The van der Waals surface area contributed by atoms with Crippen LogP contribution in [0.3, 0.4) is 0 Å². The Morgan fingerprint density at radius 2 is 2.28 bits per heavy atom. The average molecular weight is 269 g/mol. The van der Waals surface area contributed by atoms with E-state index in [1.807, 2.05) is 6.07 Å². The maximum Gasteiger partial charge on any atom is 0.327 e. The van der Waals surface area contributed by atoms with Crippen molar-refractivity contribution in [1.29, 1.82) is 5.26 Å². The fraction of sp³-hybridized carbons (Fsp3) is 0.727. The number of fused-ring (bicyclic) bond motifs is 1. The van der Waals surface area contributed by atoms with Gasteiger partial charge in [-0.25, -0.2) is 4.79 Å². The van der Waals surface area contributed by atoms with Crippen LogP contribution >= 0.6 is 11.8 Å². The topological polar surface area (TPSA) is 107 Å². The van der Waals surface area contributed by atoms with Gasteiger partial charge in [-0.3, -0.25) is 4.79 Å². The molecule has 3 N–H and O–H groups in total. The molecule has 2 saturated heterocycles. The van der Waals surface area contributed by atoms with Gasteiger partial charge in [0.2, 0.25) is 5.91 Å². The molecular weight excluding hydrogens is 254 g/mol. The van der Waals surface area contributed by atoms with Crippen molar-refractivity contribution in [3.63, 3.8) is 0 Å². The lowest BCUT2D eigenvalue weighted by Crippen LogP contribution is -2.77. The molecule has 2 aliphatic rings. The Labute approximate surface area is 109 Å². The van der Waals surface area contributed by atoms with E-state index in [1.54, 1.807) is 13.8 Å². The van der Waals surface area contributed by atoms with Crippen molar-refractivity contribution in [2.45, 2.75) is 48.4 Å². The monoisotopic (exact) mass is 269 g/mol. The van der Waals surface area contributed by atoms with Crippen LogP contribution in [0.4, 0.5) is 0 Å². The van der Waals surface area contributed by atoms with E-state index in [4.69, 9.17) is 11.0 Å². The molecule has 0 spiro atoms. The van der Waals surface area contributed by atoms with Crippen molar-refractivity contribution in [2.75, 3.05) is 0 Å². The van der Waals surface area contributed by atoms with E-state index in [-0.39, 0.29) is 24.1 Å². The fourth-order valence-corrected chi connectivity index (χ4v) is 4.32. The average Bonchev–Trinajstić information content (AvgIpc) is 2.55. The van der Waals surface area contributed by atoms with Gasteiger partial charge in [-0.15, -0.1) is 11.8 Å². The molecule has 2 fully saturated rings. The van der Waals surface area contributed by atoms with Gasteiger partial charge in [0.1, 0.15) is 17.0 Å². The highest BCUT2D eigenvalue weighted by atomic mass is 32.2. The first-order chi connectivity index (χ1) is 8.25. The zero-order valence-electron chi connectivity index (χ0n) is 10.2. The first-order valence-corrected chi connectivity index (χ1v) is 6.53. The molecule has 0 aromatic carbocycles. The Morgan fingerprint density at radius 1 is 1.67 bits per heavy atom. The summed E-state index contributed by atoms with van der Waals surface area (Å²) in [6.45, 7) is 3.60. The zero-order chi connectivity index (χ0) is 13.7. The molecule has 0 aromatic rings. The number of nitriles is 1. The number of hydrogen-bond donors (Lipinski definition) is 2. The number of β-lactam (4-membered cyclic amide) rings is 1. The molecule has 0 aromatic heterocycles. The number of thioether (sulfide) groups is 1. The molecule has 0 unspecified atom stereocenters. The van der Waals surface area contributed by atoms with Crippen LogP contribution in [0.2, 0.25) is 0 Å². The number of nitrogens with two attached hydrogens (primary N) is 1. The van der Waals surface area contributed by atoms with Crippen molar-refractivity contribution in [1.82, 2.24) is 4.90 Å². The Balaban J connectivity index is 2.27. The van der Waals surface area contributed by atoms with Gasteiger partial charge >= 0.3 is 5.97 Å². The lowest BCUT2D eigenvalue weighted by atomic mass is 9.82. The van der Waals surface area contributed by atoms with E-state index in [2.05, 4.69) is 0 Å². The molecule has 7 heteroatoms. The van der Waals surface area contributed by atoms with E-state index in [9.17, 15) is 14.7 Å². The van der Waals surface area contributed by atoms with Gasteiger partial charge < -0.3 is 15.7 Å². The maximum atomic E-state index is 12.1. The van der Waals surface area contributed by atoms with Crippen molar-refractivity contribution in [2.24, 2.45) is 5.73 Å². The Morgan fingerprint density at radius 3 is 2.78 bits per heavy atom. The minimum Gasteiger partial charge on any atom is -0.480 e. The summed E-state index contributed by atoms with van der Waals surface area (Å²) in [6.07, 6.45) is 0.476. The summed E-state index contributed by atoms with van der Waals surface area (Å²) in [5.41, 5.74) is 4.96. The van der Waals surface area contributed by atoms with Gasteiger partial charge in [0.25, 0.3) is 0 Å². The zero-order valence-corrected chi connectivity index (χ0v) is 11.0. The largest absolute Gasteiger partial charge is 0.480 e. The third-order valence-electron chi connectivity index (χ3n) is 3.56. The normalized spacial score (nSPS) is 36.8. The molecule has 2 heterocycles. The van der Waals surface area contributed by atoms with Gasteiger partial charge in [-0.1, -0.05) is 0 Å². The molecule has 1 amide bonds. The van der Waals surface area contributed by atoms with Gasteiger partial charge in [-0.05, 0) is 20.3 Å². The highest BCUT2D eigenvalue weighted by Gasteiger charge is 2.69. The summed E-state index contributed by atoms with van der Waals surface area (Å²) < 4.78 is -0.570. The number of carbonyl (C=O) groups excluding carboxylic acids is 1. The summed E-state index contributed by atoms with van der Waals surface area (Å²) in [5, 5.41) is 17.5. The second kappa shape index (κ2) is 3.87. The first kappa shape index (κ1) is 13.2. The van der Waals surface area contributed by atoms with Crippen LogP contribution < -0.4 is 5.73 Å². The summed E-state index contributed by atoms with van der Waals surface area (Å²) in [7, 11) is 0. The lowest BCUT2D eigenvalue weighted by Gasteiger charge is -2.50. The summed E-state index contributed by atoms with van der Waals surface area (Å²) in [5.74, 6) is -1.36. The van der Waals surface area contributed by atoms with Gasteiger partial charge in [0.15, 0.2) is 0 Å². The standard InChI is InChI=1S/C11H15N3O3S/c1-10(2)6(7(15)16)14-8(17)11(13,4-3-5-12)9(14)18-10/h6,9H,3-4,13H2,1-2H3,(H,15,16)/t6-,9+,11-/m0/s1. The van der Waals surface area contributed by atoms with Crippen molar-refractivity contribution in [3.05, 3.63) is 0 Å². The molecule has 98 valence electrons. The quantitative estimate of drug-likeness (QED) is 0.705. The molecule has 0 saturated carbocycles. The van der Waals surface area contributed by atoms with Crippen LogP contribution in [0.25, 0.3) is 0 Å². The SMILES string of the molecule is CC1(C)S[C@H]2N(C(=O)[C@@]2(N)CCC#N)[C@H]1C(=O)O. The molecule has 6 nitrogen and oxygen atoms in total. The predicted molar refractivity (Wildman–Crippen MR) is 65.5 cm³/mol. The summed E-state index contributed by atoms with van der Waals surface area (Å²) >= 11 is 1.41. The van der Waals surface area contributed by atoms with Gasteiger partial charge in [-0.2, -0.15) is 5.26 Å². The van der Waals surface area contributed by atoms with E-state index in [0.29, 0.717) is 0 Å². The molecular formula is C11H15N3O3S. The molecule has 0 bridgehead atoms. The molecule has 2 aliphatic heterocycles. The van der Waals surface area contributed by atoms with E-state index in [1.165, 1.54) is 16.7 Å². The smallest absolute Gasteiger partial charge is 0.327 e. The highest BCUT2D eigenvalue weighted by Crippen LogP contribution is 2.55. The molecule has 18 heavy (non-hydrogen) atoms. The van der Waals surface area contributed by atoms with Crippen molar-refractivity contribution >= 4 is 23.6 Å². The molecule has 3 atom stereocenters. The van der Waals surface area contributed by atoms with Crippen LogP contribution in [0.15, 0.2) is 0 Å². The van der Waals surface area contributed by atoms with Gasteiger partial charge in [0, 0.05) is 11.2 Å². The van der Waals surface area contributed by atoms with E-state index < -0.39 is 22.3 Å². The van der Waals surface area contributed by atoms with Crippen molar-refractivity contribution in [3.8, 4) is 6.07 Å². The van der Waals surface area contributed by atoms with E-state index in [0.717, 1.165) is 0 Å². The number of carboxylic acids is 1. The molecule has 0 aliphatic carbocycles. The Hall–Kier alpha value is -1.26. The van der Waals surface area contributed by atoms with Crippen LogP contribution in [0.5, 0.6) is 0 Å². The van der Waals surface area contributed by atoms with Crippen molar-refractivity contribution < 1.29 is 14.7 Å². The van der Waals surface area contributed by atoms with Crippen LogP contribution in [-0.2, 0) is 9.59 Å². The minimum absolute atomic E-state index is 0.200. The number of aliphatic carboxylic acids is 1.